The third-order valence-corrected chi connectivity index (χ3v) is 3.52. The van der Waals surface area contributed by atoms with Crippen LogP contribution in [-0.4, -0.2) is 17.3 Å². The highest BCUT2D eigenvalue weighted by Gasteiger charge is 2.00. The number of nitrogens with zero attached hydrogens (tertiary/aromatic N) is 1. The molecule has 0 saturated carbocycles. The molecule has 0 aliphatic rings. The van der Waals surface area contributed by atoms with Crippen molar-refractivity contribution in [1.29, 1.82) is 0 Å². The van der Waals surface area contributed by atoms with Gasteiger partial charge in [0.05, 0.1) is 5.69 Å². The SMILES string of the molecule is O=C(C=Cc1ccccc1)Oc1ccc(C=Nc2ccc(O)cc2)cc1. The lowest BCUT2D eigenvalue weighted by atomic mass is 10.2. The summed E-state index contributed by atoms with van der Waals surface area (Å²) in [4.78, 5) is 16.2. The van der Waals surface area contributed by atoms with Gasteiger partial charge in [0, 0.05) is 12.3 Å². The number of ether oxygens (including phenoxy) is 1. The smallest absolute Gasteiger partial charge is 0.336 e. The molecule has 3 aromatic rings. The fourth-order valence-corrected chi connectivity index (χ4v) is 2.19. The van der Waals surface area contributed by atoms with Gasteiger partial charge in [-0.05, 0) is 65.7 Å². The zero-order valence-electron chi connectivity index (χ0n) is 13.9. The van der Waals surface area contributed by atoms with Crippen LogP contribution in [0, 0.1) is 0 Å². The summed E-state index contributed by atoms with van der Waals surface area (Å²) < 4.78 is 5.27. The fraction of sp³-hybridized carbons (Fsp3) is 0. The van der Waals surface area contributed by atoms with Crippen LogP contribution >= 0.6 is 0 Å². The van der Waals surface area contributed by atoms with Crippen molar-refractivity contribution in [2.75, 3.05) is 0 Å². The first-order valence-electron chi connectivity index (χ1n) is 8.07. The van der Waals surface area contributed by atoms with Gasteiger partial charge in [0.1, 0.15) is 11.5 Å². The summed E-state index contributed by atoms with van der Waals surface area (Å²) in [7, 11) is 0. The summed E-state index contributed by atoms with van der Waals surface area (Å²) in [5.41, 5.74) is 2.55. The molecule has 0 bridgehead atoms. The number of hydrogen-bond donors (Lipinski definition) is 1. The highest BCUT2D eigenvalue weighted by Crippen LogP contribution is 2.17. The van der Waals surface area contributed by atoms with E-state index in [4.69, 9.17) is 4.74 Å². The normalized spacial score (nSPS) is 11.1. The molecule has 3 rings (SSSR count). The molecule has 0 aromatic heterocycles. The lowest BCUT2D eigenvalue weighted by Crippen LogP contribution is -2.03. The molecular formula is C22H17NO3. The Labute approximate surface area is 151 Å². The summed E-state index contributed by atoms with van der Waals surface area (Å²) in [5.74, 6) is 0.241. The van der Waals surface area contributed by atoms with E-state index in [-0.39, 0.29) is 5.75 Å². The Morgan fingerprint density at radius 1 is 0.846 bits per heavy atom. The van der Waals surface area contributed by atoms with Gasteiger partial charge in [-0.1, -0.05) is 30.3 Å². The van der Waals surface area contributed by atoms with Gasteiger partial charge in [-0.15, -0.1) is 0 Å². The molecule has 0 aliphatic heterocycles. The topological polar surface area (TPSA) is 58.9 Å². The summed E-state index contributed by atoms with van der Waals surface area (Å²) in [6.45, 7) is 0. The van der Waals surface area contributed by atoms with Crippen LogP contribution in [-0.2, 0) is 4.79 Å². The van der Waals surface area contributed by atoms with E-state index in [9.17, 15) is 9.90 Å². The standard InChI is InChI=1S/C22H17NO3/c24-20-11-9-19(10-12-20)23-16-18-6-13-21(14-7-18)26-22(25)15-8-17-4-2-1-3-5-17/h1-16,24H. The van der Waals surface area contributed by atoms with Crippen LogP contribution < -0.4 is 4.74 Å². The molecule has 0 amide bonds. The van der Waals surface area contributed by atoms with E-state index >= 15 is 0 Å². The van der Waals surface area contributed by atoms with Gasteiger partial charge in [0.2, 0.25) is 0 Å². The molecule has 0 fully saturated rings. The molecule has 4 heteroatoms. The van der Waals surface area contributed by atoms with Crippen molar-refractivity contribution in [2.24, 2.45) is 4.99 Å². The van der Waals surface area contributed by atoms with Crippen molar-refractivity contribution in [3.63, 3.8) is 0 Å². The number of benzene rings is 3. The second-order valence-electron chi connectivity index (χ2n) is 5.51. The zero-order valence-corrected chi connectivity index (χ0v) is 13.9. The first-order valence-corrected chi connectivity index (χ1v) is 8.07. The van der Waals surface area contributed by atoms with E-state index < -0.39 is 5.97 Å². The monoisotopic (exact) mass is 343 g/mol. The molecule has 0 spiro atoms. The molecule has 4 nitrogen and oxygen atoms in total. The van der Waals surface area contributed by atoms with E-state index in [1.54, 1.807) is 48.7 Å². The highest BCUT2D eigenvalue weighted by atomic mass is 16.5. The average molecular weight is 343 g/mol. The van der Waals surface area contributed by atoms with Crippen LogP contribution in [0.5, 0.6) is 11.5 Å². The Bertz CT molecular complexity index is 912. The van der Waals surface area contributed by atoms with Gasteiger partial charge in [-0.25, -0.2) is 4.79 Å². The number of carbonyl (C=O) groups excluding carboxylic acids is 1. The van der Waals surface area contributed by atoms with Crippen molar-refractivity contribution in [3.8, 4) is 11.5 Å². The average Bonchev–Trinajstić information content (AvgIpc) is 2.68. The maximum absolute atomic E-state index is 11.9. The van der Waals surface area contributed by atoms with Gasteiger partial charge in [0.25, 0.3) is 0 Å². The number of aliphatic imine (C=N–C) groups is 1. The van der Waals surface area contributed by atoms with Crippen LogP contribution in [0.3, 0.4) is 0 Å². The van der Waals surface area contributed by atoms with Crippen molar-refractivity contribution >= 4 is 23.9 Å². The lowest BCUT2D eigenvalue weighted by molar-refractivity contribution is -0.128. The lowest BCUT2D eigenvalue weighted by Gasteiger charge is -2.01. The molecule has 26 heavy (non-hydrogen) atoms. The molecule has 0 unspecified atom stereocenters. The van der Waals surface area contributed by atoms with Crippen LogP contribution in [0.1, 0.15) is 11.1 Å². The van der Waals surface area contributed by atoms with Gasteiger partial charge >= 0.3 is 5.97 Å². The van der Waals surface area contributed by atoms with Crippen LogP contribution in [0.25, 0.3) is 6.08 Å². The number of hydrogen-bond acceptors (Lipinski definition) is 4. The Morgan fingerprint density at radius 3 is 2.23 bits per heavy atom. The Balaban J connectivity index is 1.58. The second kappa shape index (κ2) is 8.44. The Kier molecular flexibility index (Phi) is 5.58. The summed E-state index contributed by atoms with van der Waals surface area (Å²) in [6, 6.07) is 23.2. The molecule has 128 valence electrons. The van der Waals surface area contributed by atoms with Crippen molar-refractivity contribution < 1.29 is 14.6 Å². The molecular weight excluding hydrogens is 326 g/mol. The fourth-order valence-electron chi connectivity index (χ4n) is 2.19. The predicted octanol–water partition coefficient (Wildman–Crippen LogP) is 4.76. The predicted molar refractivity (Wildman–Crippen MR) is 103 cm³/mol. The van der Waals surface area contributed by atoms with Gasteiger partial charge in [-0.3, -0.25) is 4.99 Å². The maximum atomic E-state index is 11.9. The van der Waals surface area contributed by atoms with E-state index in [2.05, 4.69) is 4.99 Å². The minimum atomic E-state index is -0.431. The number of esters is 1. The van der Waals surface area contributed by atoms with Crippen molar-refractivity contribution in [2.45, 2.75) is 0 Å². The summed E-state index contributed by atoms with van der Waals surface area (Å²) in [5, 5.41) is 9.25. The van der Waals surface area contributed by atoms with Crippen molar-refractivity contribution in [3.05, 3.63) is 96.1 Å². The van der Waals surface area contributed by atoms with Crippen LogP contribution in [0.15, 0.2) is 89.9 Å². The van der Waals surface area contributed by atoms with E-state index in [0.717, 1.165) is 16.8 Å². The largest absolute Gasteiger partial charge is 0.508 e. The molecule has 0 aliphatic carbocycles. The molecule has 0 atom stereocenters. The van der Waals surface area contributed by atoms with Gasteiger partial charge in [0.15, 0.2) is 0 Å². The number of aromatic hydroxyl groups is 1. The molecule has 0 heterocycles. The van der Waals surface area contributed by atoms with Crippen LogP contribution in [0.2, 0.25) is 0 Å². The Morgan fingerprint density at radius 2 is 1.54 bits per heavy atom. The molecule has 0 radical (unpaired) electrons. The van der Waals surface area contributed by atoms with E-state index in [1.165, 1.54) is 6.08 Å². The van der Waals surface area contributed by atoms with Gasteiger partial charge < -0.3 is 9.84 Å². The first-order chi connectivity index (χ1) is 12.7. The molecule has 0 saturated heterocycles. The number of carbonyl (C=O) groups is 1. The van der Waals surface area contributed by atoms with Crippen molar-refractivity contribution in [1.82, 2.24) is 0 Å². The van der Waals surface area contributed by atoms with Crippen LogP contribution in [0.4, 0.5) is 5.69 Å². The number of rotatable bonds is 5. The first kappa shape index (κ1) is 17.2. The third-order valence-electron chi connectivity index (χ3n) is 3.52. The minimum Gasteiger partial charge on any atom is -0.508 e. The Hall–Kier alpha value is -3.66. The molecule has 3 aromatic carbocycles. The zero-order chi connectivity index (χ0) is 18.2. The van der Waals surface area contributed by atoms with Gasteiger partial charge in [-0.2, -0.15) is 0 Å². The molecule has 1 N–H and O–H groups in total. The number of phenolic OH excluding ortho intramolecular Hbond substituents is 1. The summed E-state index contributed by atoms with van der Waals surface area (Å²) in [6.07, 6.45) is 4.81. The maximum Gasteiger partial charge on any atom is 0.336 e. The third kappa shape index (κ3) is 5.18. The second-order valence-corrected chi connectivity index (χ2v) is 5.51. The minimum absolute atomic E-state index is 0.205. The quantitative estimate of drug-likeness (QED) is 0.314. The van der Waals surface area contributed by atoms with E-state index in [0.29, 0.717) is 5.75 Å². The number of phenols is 1. The van der Waals surface area contributed by atoms with E-state index in [1.807, 2.05) is 42.5 Å². The summed E-state index contributed by atoms with van der Waals surface area (Å²) >= 11 is 0. The highest BCUT2D eigenvalue weighted by molar-refractivity contribution is 5.89.